The zero-order valence-electron chi connectivity index (χ0n) is 10.8. The number of nitriles is 1. The molecule has 0 radical (unpaired) electrons. The van der Waals surface area contributed by atoms with E-state index in [0.29, 0.717) is 10.6 Å². The second-order valence-electron chi connectivity index (χ2n) is 4.18. The van der Waals surface area contributed by atoms with Gasteiger partial charge in [-0.05, 0) is 37.6 Å². The van der Waals surface area contributed by atoms with Crippen LogP contribution in [0.25, 0.3) is 0 Å². The first-order valence-corrected chi connectivity index (χ1v) is 6.52. The summed E-state index contributed by atoms with van der Waals surface area (Å²) in [5.41, 5.74) is 0.725. The molecule has 0 saturated heterocycles. The third-order valence-electron chi connectivity index (χ3n) is 2.90. The van der Waals surface area contributed by atoms with E-state index in [4.69, 9.17) is 5.26 Å². The number of thiophene rings is 1. The Bertz CT molecular complexity index is 732. The maximum absolute atomic E-state index is 13.5. The second kappa shape index (κ2) is 5.39. The number of carbonyl (C=O) groups is 1. The van der Waals surface area contributed by atoms with Gasteiger partial charge in [0, 0.05) is 4.88 Å². The van der Waals surface area contributed by atoms with Crippen LogP contribution in [0.4, 0.5) is 13.8 Å². The summed E-state index contributed by atoms with van der Waals surface area (Å²) in [6, 6.07) is 4.64. The van der Waals surface area contributed by atoms with Crippen molar-refractivity contribution < 1.29 is 13.6 Å². The van der Waals surface area contributed by atoms with E-state index in [1.54, 1.807) is 6.92 Å². The molecular weight excluding hydrogens is 282 g/mol. The summed E-state index contributed by atoms with van der Waals surface area (Å²) in [7, 11) is 0. The van der Waals surface area contributed by atoms with Crippen LogP contribution in [0, 0.1) is 36.8 Å². The molecule has 0 spiro atoms. The van der Waals surface area contributed by atoms with E-state index in [1.807, 2.05) is 13.0 Å². The average Bonchev–Trinajstić information content (AvgIpc) is 2.67. The number of hydrogen-bond acceptors (Lipinski definition) is 3. The largest absolute Gasteiger partial charge is 0.312 e. The smallest absolute Gasteiger partial charge is 0.259 e. The summed E-state index contributed by atoms with van der Waals surface area (Å²) in [5.74, 6) is -2.29. The lowest BCUT2D eigenvalue weighted by Crippen LogP contribution is -2.14. The molecule has 0 atom stereocenters. The molecule has 0 aliphatic heterocycles. The van der Waals surface area contributed by atoms with Gasteiger partial charge in [-0.15, -0.1) is 11.3 Å². The summed E-state index contributed by atoms with van der Waals surface area (Å²) in [6.07, 6.45) is 0. The van der Waals surface area contributed by atoms with E-state index >= 15 is 0 Å². The number of halogens is 2. The summed E-state index contributed by atoms with van der Waals surface area (Å²) in [4.78, 5) is 12.8. The number of nitrogens with zero attached hydrogens (tertiary/aromatic N) is 1. The number of aryl methyl sites for hydroxylation is 1. The Morgan fingerprint density at radius 2 is 2.05 bits per heavy atom. The molecule has 20 heavy (non-hydrogen) atoms. The van der Waals surface area contributed by atoms with E-state index in [9.17, 15) is 13.6 Å². The molecule has 0 bridgehead atoms. The molecule has 1 aromatic carbocycles. The van der Waals surface area contributed by atoms with Crippen LogP contribution in [0.1, 0.15) is 26.4 Å². The molecule has 2 rings (SSSR count). The first kappa shape index (κ1) is 14.2. The van der Waals surface area contributed by atoms with Crippen LogP contribution < -0.4 is 5.32 Å². The maximum Gasteiger partial charge on any atom is 0.259 e. The van der Waals surface area contributed by atoms with Crippen molar-refractivity contribution in [2.45, 2.75) is 13.8 Å². The quantitative estimate of drug-likeness (QED) is 0.916. The fourth-order valence-electron chi connectivity index (χ4n) is 1.69. The Morgan fingerprint density at radius 1 is 1.35 bits per heavy atom. The van der Waals surface area contributed by atoms with Gasteiger partial charge in [0.25, 0.3) is 5.91 Å². The first-order valence-electron chi connectivity index (χ1n) is 5.70. The Morgan fingerprint density at radius 3 is 2.70 bits per heavy atom. The van der Waals surface area contributed by atoms with Gasteiger partial charge in [0.1, 0.15) is 22.7 Å². The summed E-state index contributed by atoms with van der Waals surface area (Å²) in [6.45, 7) is 3.59. The van der Waals surface area contributed by atoms with Crippen molar-refractivity contribution >= 4 is 22.2 Å². The Kier molecular flexibility index (Phi) is 3.81. The highest BCUT2D eigenvalue weighted by molar-refractivity contribution is 7.16. The minimum Gasteiger partial charge on any atom is -0.312 e. The van der Waals surface area contributed by atoms with Gasteiger partial charge in [-0.3, -0.25) is 4.79 Å². The number of rotatable bonds is 2. The van der Waals surface area contributed by atoms with Crippen molar-refractivity contribution in [2.75, 3.05) is 5.32 Å². The topological polar surface area (TPSA) is 52.9 Å². The molecule has 1 amide bonds. The minimum atomic E-state index is -0.813. The molecule has 0 aliphatic carbocycles. The van der Waals surface area contributed by atoms with E-state index in [2.05, 4.69) is 5.32 Å². The lowest BCUT2D eigenvalue weighted by atomic mass is 10.1. The molecule has 0 unspecified atom stereocenters. The van der Waals surface area contributed by atoms with Crippen LogP contribution in [0.5, 0.6) is 0 Å². The normalized spacial score (nSPS) is 10.2. The lowest BCUT2D eigenvalue weighted by Gasteiger charge is -2.04. The van der Waals surface area contributed by atoms with Crippen LogP contribution >= 0.6 is 11.3 Å². The molecular formula is C14H10F2N2OS. The highest BCUT2D eigenvalue weighted by atomic mass is 32.1. The molecule has 1 aromatic heterocycles. The molecule has 0 aliphatic rings. The molecule has 6 heteroatoms. The second-order valence-corrected chi connectivity index (χ2v) is 5.40. The van der Waals surface area contributed by atoms with Crippen LogP contribution in [-0.4, -0.2) is 5.91 Å². The van der Waals surface area contributed by atoms with E-state index in [1.165, 1.54) is 11.3 Å². The van der Waals surface area contributed by atoms with Gasteiger partial charge in [0.05, 0.1) is 11.1 Å². The molecule has 2 aromatic rings. The summed E-state index contributed by atoms with van der Waals surface area (Å²) in [5, 5.41) is 11.9. The predicted octanol–water partition coefficient (Wildman–Crippen LogP) is 3.77. The van der Waals surface area contributed by atoms with E-state index in [0.717, 1.165) is 28.6 Å². The molecule has 0 saturated carbocycles. The lowest BCUT2D eigenvalue weighted by molar-refractivity contribution is 0.102. The average molecular weight is 292 g/mol. The molecule has 102 valence electrons. The summed E-state index contributed by atoms with van der Waals surface area (Å²) >= 11 is 1.23. The van der Waals surface area contributed by atoms with Gasteiger partial charge < -0.3 is 5.32 Å². The highest BCUT2D eigenvalue weighted by Gasteiger charge is 2.18. The Labute approximate surface area is 118 Å². The van der Waals surface area contributed by atoms with Gasteiger partial charge >= 0.3 is 0 Å². The first-order chi connectivity index (χ1) is 9.43. The third-order valence-corrected chi connectivity index (χ3v) is 4.02. The summed E-state index contributed by atoms with van der Waals surface area (Å²) < 4.78 is 26.6. The van der Waals surface area contributed by atoms with Gasteiger partial charge in [-0.25, -0.2) is 8.78 Å². The van der Waals surface area contributed by atoms with Gasteiger partial charge in [-0.1, -0.05) is 0 Å². The van der Waals surface area contributed by atoms with Crippen LogP contribution in [0.15, 0.2) is 18.2 Å². The molecule has 1 N–H and O–H groups in total. The zero-order chi connectivity index (χ0) is 14.9. The number of hydrogen-bond donors (Lipinski definition) is 1. The monoisotopic (exact) mass is 292 g/mol. The van der Waals surface area contributed by atoms with Crippen LogP contribution in [0.3, 0.4) is 0 Å². The number of carbonyl (C=O) groups excluding carboxylic acids is 1. The van der Waals surface area contributed by atoms with Crippen LogP contribution in [-0.2, 0) is 0 Å². The molecule has 3 nitrogen and oxygen atoms in total. The SMILES string of the molecule is Cc1sc(NC(=O)c2cc(F)ccc2F)c(C#N)c1C. The fourth-order valence-corrected chi connectivity index (χ4v) is 2.70. The third kappa shape index (κ3) is 2.53. The van der Waals surface area contributed by atoms with E-state index in [-0.39, 0.29) is 0 Å². The van der Waals surface area contributed by atoms with Gasteiger partial charge in [0.15, 0.2) is 0 Å². The standard InChI is InChI=1S/C14H10F2N2OS/c1-7-8(2)20-14(11(7)6-17)18-13(19)10-5-9(15)3-4-12(10)16/h3-5H,1-2H3,(H,18,19). The number of anilines is 1. The number of amides is 1. The van der Waals surface area contributed by atoms with Gasteiger partial charge in [0.2, 0.25) is 0 Å². The molecule has 1 heterocycles. The van der Waals surface area contributed by atoms with Crippen molar-refractivity contribution in [1.82, 2.24) is 0 Å². The van der Waals surface area contributed by atoms with Crippen molar-refractivity contribution in [3.05, 3.63) is 51.4 Å². The minimum absolute atomic E-state index is 0.344. The number of nitrogens with one attached hydrogen (secondary N) is 1. The Hall–Kier alpha value is -2.26. The molecule has 0 fully saturated rings. The van der Waals surface area contributed by atoms with Crippen LogP contribution in [0.2, 0.25) is 0 Å². The van der Waals surface area contributed by atoms with Crippen molar-refractivity contribution in [2.24, 2.45) is 0 Å². The Balaban J connectivity index is 2.36. The van der Waals surface area contributed by atoms with E-state index < -0.39 is 23.1 Å². The van der Waals surface area contributed by atoms with Gasteiger partial charge in [-0.2, -0.15) is 5.26 Å². The van der Waals surface area contributed by atoms with Crippen molar-refractivity contribution in [1.29, 1.82) is 5.26 Å². The van der Waals surface area contributed by atoms with Crippen molar-refractivity contribution in [3.63, 3.8) is 0 Å². The predicted molar refractivity (Wildman–Crippen MR) is 72.8 cm³/mol. The number of benzene rings is 1. The zero-order valence-corrected chi connectivity index (χ0v) is 11.6. The van der Waals surface area contributed by atoms with Crippen molar-refractivity contribution in [3.8, 4) is 6.07 Å². The highest BCUT2D eigenvalue weighted by Crippen LogP contribution is 2.32. The fraction of sp³-hybridized carbons (Fsp3) is 0.143. The maximum atomic E-state index is 13.5.